The number of rotatable bonds is 5. The molecule has 0 aliphatic rings. The van der Waals surface area contributed by atoms with Crippen LogP contribution in [0.4, 0.5) is 0 Å². The van der Waals surface area contributed by atoms with E-state index in [4.69, 9.17) is 0 Å². The third-order valence-electron chi connectivity index (χ3n) is 2.34. The fourth-order valence-corrected chi connectivity index (χ4v) is 2.43. The minimum atomic E-state index is -3.54. The van der Waals surface area contributed by atoms with E-state index < -0.39 is 10.0 Å². The molecule has 0 aliphatic heterocycles. The molecule has 2 aromatic rings. The smallest absolute Gasteiger partial charge is 0.274 e. The van der Waals surface area contributed by atoms with Crippen LogP contribution >= 0.6 is 0 Å². The Labute approximate surface area is 99.5 Å². The summed E-state index contributed by atoms with van der Waals surface area (Å²) in [6.45, 7) is 2.43. The van der Waals surface area contributed by atoms with Crippen molar-refractivity contribution in [2.75, 3.05) is 6.54 Å². The summed E-state index contributed by atoms with van der Waals surface area (Å²) in [4.78, 5) is 10.7. The molecule has 2 N–H and O–H groups in total. The summed E-state index contributed by atoms with van der Waals surface area (Å²) < 4.78 is 26.2. The second-order valence-electron chi connectivity index (χ2n) is 3.69. The average Bonchev–Trinajstić information content (AvgIpc) is 2.73. The Bertz CT molecular complexity index is 573. The van der Waals surface area contributed by atoms with Crippen molar-refractivity contribution in [3.63, 3.8) is 0 Å². The Morgan fingerprint density at radius 3 is 3.00 bits per heavy atom. The summed E-state index contributed by atoms with van der Waals surface area (Å²) in [6.07, 6.45) is 4.87. The zero-order valence-corrected chi connectivity index (χ0v) is 10.3. The Kier molecular flexibility index (Phi) is 3.39. The van der Waals surface area contributed by atoms with Gasteiger partial charge < -0.3 is 4.98 Å². The standard InChI is InChI=1S/C10H14N4O2S/c1-2-3-5-12-17(15,16)10-13-8-4-6-11-7-9(8)14-10/h4,6-7,12H,2-3,5H2,1H3,(H,13,14). The molecule has 7 heteroatoms. The highest BCUT2D eigenvalue weighted by molar-refractivity contribution is 7.89. The highest BCUT2D eigenvalue weighted by Crippen LogP contribution is 2.12. The van der Waals surface area contributed by atoms with Crippen molar-refractivity contribution in [3.05, 3.63) is 18.5 Å². The van der Waals surface area contributed by atoms with Crippen molar-refractivity contribution in [2.24, 2.45) is 0 Å². The molecule has 0 aromatic carbocycles. The van der Waals surface area contributed by atoms with E-state index in [-0.39, 0.29) is 5.16 Å². The minimum absolute atomic E-state index is 0.0587. The maximum atomic E-state index is 11.9. The molecule has 0 aliphatic carbocycles. The Hall–Kier alpha value is -1.47. The molecule has 6 nitrogen and oxygen atoms in total. The molecule has 0 spiro atoms. The molecule has 0 atom stereocenters. The second-order valence-corrected chi connectivity index (χ2v) is 5.37. The van der Waals surface area contributed by atoms with Gasteiger partial charge in [0.2, 0.25) is 5.16 Å². The average molecular weight is 254 g/mol. The largest absolute Gasteiger partial charge is 0.326 e. The third-order valence-corrected chi connectivity index (χ3v) is 3.63. The van der Waals surface area contributed by atoms with Gasteiger partial charge in [0, 0.05) is 12.7 Å². The monoisotopic (exact) mass is 254 g/mol. The van der Waals surface area contributed by atoms with Gasteiger partial charge in [0.1, 0.15) is 0 Å². The Morgan fingerprint density at radius 2 is 2.29 bits per heavy atom. The third kappa shape index (κ3) is 2.62. The summed E-state index contributed by atoms with van der Waals surface area (Å²) >= 11 is 0. The molecular formula is C10H14N4O2S. The lowest BCUT2D eigenvalue weighted by Gasteiger charge is -2.01. The fourth-order valence-electron chi connectivity index (χ4n) is 1.41. The van der Waals surface area contributed by atoms with Crippen LogP contribution in [0.5, 0.6) is 0 Å². The second kappa shape index (κ2) is 4.80. The summed E-state index contributed by atoms with van der Waals surface area (Å²) in [5.41, 5.74) is 1.21. The van der Waals surface area contributed by atoms with Crippen LogP contribution in [0.3, 0.4) is 0 Å². The molecule has 0 saturated heterocycles. The molecule has 0 fully saturated rings. The normalized spacial score (nSPS) is 12.1. The van der Waals surface area contributed by atoms with Crippen molar-refractivity contribution < 1.29 is 8.42 Å². The van der Waals surface area contributed by atoms with Crippen molar-refractivity contribution >= 4 is 21.1 Å². The number of nitrogens with zero attached hydrogens (tertiary/aromatic N) is 2. The molecule has 0 bridgehead atoms. The van der Waals surface area contributed by atoms with E-state index in [1.165, 1.54) is 0 Å². The highest BCUT2D eigenvalue weighted by Gasteiger charge is 2.17. The topological polar surface area (TPSA) is 87.7 Å². The van der Waals surface area contributed by atoms with E-state index in [0.29, 0.717) is 17.6 Å². The Morgan fingerprint density at radius 1 is 1.47 bits per heavy atom. The SMILES string of the molecule is CCCCNS(=O)(=O)c1nc2ccncc2[nH]1. The van der Waals surface area contributed by atoms with Crippen LogP contribution in [0.2, 0.25) is 0 Å². The van der Waals surface area contributed by atoms with Gasteiger partial charge in [-0.05, 0) is 12.5 Å². The van der Waals surface area contributed by atoms with Gasteiger partial charge >= 0.3 is 0 Å². The number of H-pyrrole nitrogens is 1. The van der Waals surface area contributed by atoms with Crippen LogP contribution in [-0.4, -0.2) is 29.9 Å². The van der Waals surface area contributed by atoms with Crippen LogP contribution in [0, 0.1) is 0 Å². The van der Waals surface area contributed by atoms with Crippen LogP contribution < -0.4 is 4.72 Å². The summed E-state index contributed by atoms with van der Waals surface area (Å²) in [5.74, 6) is 0. The van der Waals surface area contributed by atoms with Gasteiger partial charge in [-0.1, -0.05) is 13.3 Å². The highest BCUT2D eigenvalue weighted by atomic mass is 32.2. The molecule has 0 amide bonds. The fraction of sp³-hybridized carbons (Fsp3) is 0.400. The van der Waals surface area contributed by atoms with Gasteiger partial charge in [0.05, 0.1) is 17.2 Å². The predicted octanol–water partition coefficient (Wildman–Crippen LogP) is 1.04. The first kappa shape index (κ1) is 12.0. The van der Waals surface area contributed by atoms with Crippen molar-refractivity contribution in [3.8, 4) is 0 Å². The van der Waals surface area contributed by atoms with Gasteiger partial charge in [-0.15, -0.1) is 0 Å². The van der Waals surface area contributed by atoms with Gasteiger partial charge in [-0.25, -0.2) is 18.1 Å². The number of imidazole rings is 1. The predicted molar refractivity (Wildman–Crippen MR) is 64.0 cm³/mol. The molecule has 2 heterocycles. The summed E-state index contributed by atoms with van der Waals surface area (Å²) in [7, 11) is -3.54. The number of fused-ring (bicyclic) bond motifs is 1. The summed E-state index contributed by atoms with van der Waals surface area (Å²) in [6, 6.07) is 1.66. The Balaban J connectivity index is 2.26. The lowest BCUT2D eigenvalue weighted by Crippen LogP contribution is -2.25. The van der Waals surface area contributed by atoms with Gasteiger partial charge in [-0.3, -0.25) is 4.98 Å². The first-order chi connectivity index (χ1) is 8.13. The van der Waals surface area contributed by atoms with Crippen molar-refractivity contribution in [2.45, 2.75) is 24.9 Å². The molecule has 2 aromatic heterocycles. The number of nitrogens with one attached hydrogen (secondary N) is 2. The van der Waals surface area contributed by atoms with Crippen LogP contribution in [0.25, 0.3) is 11.0 Å². The molecule has 17 heavy (non-hydrogen) atoms. The molecule has 0 saturated carbocycles. The van der Waals surface area contributed by atoms with Gasteiger partial charge in [0.25, 0.3) is 10.0 Å². The zero-order chi connectivity index (χ0) is 12.3. The number of aromatic amines is 1. The number of pyridine rings is 1. The van der Waals surface area contributed by atoms with E-state index in [9.17, 15) is 8.42 Å². The lowest BCUT2D eigenvalue weighted by atomic mass is 10.3. The zero-order valence-electron chi connectivity index (χ0n) is 9.47. The number of hydrogen-bond donors (Lipinski definition) is 2. The number of unbranched alkanes of at least 4 members (excludes halogenated alkanes) is 1. The van der Waals surface area contributed by atoms with E-state index in [0.717, 1.165) is 12.8 Å². The molecule has 2 rings (SSSR count). The quantitative estimate of drug-likeness (QED) is 0.780. The van der Waals surface area contributed by atoms with E-state index in [2.05, 4.69) is 19.7 Å². The molecular weight excluding hydrogens is 240 g/mol. The van der Waals surface area contributed by atoms with Crippen molar-refractivity contribution in [1.82, 2.24) is 19.7 Å². The van der Waals surface area contributed by atoms with Crippen molar-refractivity contribution in [1.29, 1.82) is 0 Å². The summed E-state index contributed by atoms with van der Waals surface area (Å²) in [5, 5.41) is -0.0587. The first-order valence-electron chi connectivity index (χ1n) is 5.43. The molecule has 92 valence electrons. The van der Waals surface area contributed by atoms with Gasteiger partial charge in [-0.2, -0.15) is 0 Å². The number of hydrogen-bond acceptors (Lipinski definition) is 4. The number of sulfonamides is 1. The first-order valence-corrected chi connectivity index (χ1v) is 6.91. The van der Waals surface area contributed by atoms with E-state index in [1.807, 2.05) is 6.92 Å². The van der Waals surface area contributed by atoms with Crippen LogP contribution in [0.15, 0.2) is 23.6 Å². The van der Waals surface area contributed by atoms with E-state index >= 15 is 0 Å². The van der Waals surface area contributed by atoms with Crippen LogP contribution in [0.1, 0.15) is 19.8 Å². The maximum Gasteiger partial charge on any atom is 0.274 e. The maximum absolute atomic E-state index is 11.9. The lowest BCUT2D eigenvalue weighted by molar-refractivity contribution is 0.571. The van der Waals surface area contributed by atoms with E-state index in [1.54, 1.807) is 18.5 Å². The van der Waals surface area contributed by atoms with Gasteiger partial charge in [0.15, 0.2) is 0 Å². The number of aromatic nitrogens is 3. The van der Waals surface area contributed by atoms with Crippen LogP contribution in [-0.2, 0) is 10.0 Å². The molecule has 0 unspecified atom stereocenters. The molecule has 0 radical (unpaired) electrons. The minimum Gasteiger partial charge on any atom is -0.326 e.